The lowest BCUT2D eigenvalue weighted by molar-refractivity contribution is -0.268. The molecule has 3 aromatic carbocycles. The van der Waals surface area contributed by atoms with Crippen molar-refractivity contribution in [2.24, 2.45) is 5.92 Å². The summed E-state index contributed by atoms with van der Waals surface area (Å²) in [6, 6.07) is 19.4. The molecule has 5 rings (SSSR count). The van der Waals surface area contributed by atoms with E-state index in [4.69, 9.17) is 9.47 Å². The molecule has 0 unspecified atom stereocenters. The van der Waals surface area contributed by atoms with Crippen LogP contribution in [0.2, 0.25) is 0 Å². The van der Waals surface area contributed by atoms with Crippen molar-refractivity contribution in [3.63, 3.8) is 0 Å². The molecule has 0 bridgehead atoms. The third-order valence-corrected chi connectivity index (χ3v) is 9.29. The van der Waals surface area contributed by atoms with Gasteiger partial charge in [-0.15, -0.1) is 11.8 Å². The zero-order valence-electron chi connectivity index (χ0n) is 24.8. The smallest absolute Gasteiger partial charge is 0.471 e. The SMILES string of the molecule is C[C@@H]1[C@H](CSc2ccccc2C(=O)O)O[C@H](c2cccc(NC(=O)[C@@H]3CCCN3C(=O)C(F)(F)F)c2)O[C@@H]1c1ccc(CO)cc1. The number of amides is 2. The monoisotopic (exact) mass is 658 g/mol. The fraction of sp³-hybridized carbons (Fsp3) is 0.364. The summed E-state index contributed by atoms with van der Waals surface area (Å²) in [4.78, 5) is 37.8. The Morgan fingerprint density at radius 1 is 1.00 bits per heavy atom. The van der Waals surface area contributed by atoms with Crippen molar-refractivity contribution in [3.8, 4) is 0 Å². The van der Waals surface area contributed by atoms with Crippen LogP contribution in [0.1, 0.15) is 59.2 Å². The van der Waals surface area contributed by atoms with Gasteiger partial charge in [0.05, 0.1) is 24.4 Å². The Morgan fingerprint density at radius 3 is 2.43 bits per heavy atom. The number of carbonyl (C=O) groups excluding carboxylic acids is 2. The van der Waals surface area contributed by atoms with E-state index in [-0.39, 0.29) is 37.5 Å². The zero-order valence-corrected chi connectivity index (χ0v) is 25.6. The number of alkyl halides is 3. The molecule has 9 nitrogen and oxygen atoms in total. The van der Waals surface area contributed by atoms with E-state index in [1.54, 1.807) is 54.6 Å². The van der Waals surface area contributed by atoms with E-state index >= 15 is 0 Å². The van der Waals surface area contributed by atoms with Crippen LogP contribution in [0, 0.1) is 5.92 Å². The molecule has 2 aliphatic heterocycles. The van der Waals surface area contributed by atoms with Gasteiger partial charge in [0.25, 0.3) is 0 Å². The Labute approximate surface area is 267 Å². The minimum Gasteiger partial charge on any atom is -0.478 e. The van der Waals surface area contributed by atoms with Crippen molar-refractivity contribution in [1.82, 2.24) is 4.90 Å². The minimum atomic E-state index is -5.07. The predicted octanol–water partition coefficient (Wildman–Crippen LogP) is 5.95. The van der Waals surface area contributed by atoms with Gasteiger partial charge < -0.3 is 29.9 Å². The van der Waals surface area contributed by atoms with Gasteiger partial charge in [-0.2, -0.15) is 13.2 Å². The van der Waals surface area contributed by atoms with Crippen molar-refractivity contribution in [3.05, 3.63) is 95.1 Å². The van der Waals surface area contributed by atoms with Crippen LogP contribution < -0.4 is 5.32 Å². The van der Waals surface area contributed by atoms with Crippen LogP contribution >= 0.6 is 11.8 Å². The number of nitrogens with zero attached hydrogens (tertiary/aromatic N) is 1. The quantitative estimate of drug-likeness (QED) is 0.241. The van der Waals surface area contributed by atoms with E-state index in [9.17, 15) is 37.8 Å². The van der Waals surface area contributed by atoms with Crippen molar-refractivity contribution in [2.45, 2.75) is 62.0 Å². The van der Waals surface area contributed by atoms with Gasteiger partial charge in [0, 0.05) is 34.4 Å². The van der Waals surface area contributed by atoms with Crippen molar-refractivity contribution < 1.29 is 47.2 Å². The number of ether oxygens (including phenoxy) is 2. The molecular weight excluding hydrogens is 625 g/mol. The maximum absolute atomic E-state index is 13.1. The highest BCUT2D eigenvalue weighted by Gasteiger charge is 2.47. The first-order chi connectivity index (χ1) is 22.0. The molecule has 0 spiro atoms. The van der Waals surface area contributed by atoms with E-state index in [1.165, 1.54) is 17.8 Å². The molecule has 13 heteroatoms. The van der Waals surface area contributed by atoms with Crippen LogP contribution in [0.5, 0.6) is 0 Å². The lowest BCUT2D eigenvalue weighted by Crippen LogP contribution is -2.48. The van der Waals surface area contributed by atoms with Gasteiger partial charge in [0.15, 0.2) is 6.29 Å². The van der Waals surface area contributed by atoms with Crippen LogP contribution in [0.25, 0.3) is 0 Å². The molecule has 2 fully saturated rings. The molecule has 3 N–H and O–H groups in total. The molecule has 0 aliphatic carbocycles. The van der Waals surface area contributed by atoms with Crippen molar-refractivity contribution in [1.29, 1.82) is 0 Å². The van der Waals surface area contributed by atoms with Gasteiger partial charge >= 0.3 is 18.1 Å². The van der Waals surface area contributed by atoms with Gasteiger partial charge in [0.2, 0.25) is 5.91 Å². The third kappa shape index (κ3) is 7.55. The number of hydrogen-bond acceptors (Lipinski definition) is 7. The standard InChI is InChI=1S/C33H33F3N2O7S/c1-19-26(18-46-27-10-3-2-8-24(27)30(41)42)44-31(45-28(19)21-13-11-20(17-39)12-14-21)22-6-4-7-23(16-22)37-29(40)25-9-5-15-38(25)32(43)33(34,35)36/h2-4,6-8,10-14,16,19,25-26,28,31,39H,5,9,15,17-18H2,1H3,(H,37,40)(H,41,42)/t19-,25+,26+,28+,31+/m1/s1. The minimum absolute atomic E-state index is 0.112. The zero-order chi connectivity index (χ0) is 33.0. The molecule has 244 valence electrons. The Morgan fingerprint density at radius 2 is 1.74 bits per heavy atom. The fourth-order valence-electron chi connectivity index (χ4n) is 5.68. The third-order valence-electron chi connectivity index (χ3n) is 8.13. The van der Waals surface area contributed by atoms with Crippen LogP contribution in [0.3, 0.4) is 0 Å². The number of likely N-dealkylation sites (tertiary alicyclic amines) is 1. The average Bonchev–Trinajstić information content (AvgIpc) is 3.54. The van der Waals surface area contributed by atoms with Crippen molar-refractivity contribution in [2.75, 3.05) is 17.6 Å². The number of aliphatic hydroxyl groups is 1. The molecule has 0 radical (unpaired) electrons. The van der Waals surface area contributed by atoms with Gasteiger partial charge in [-0.3, -0.25) is 9.59 Å². The topological polar surface area (TPSA) is 125 Å². The summed E-state index contributed by atoms with van der Waals surface area (Å²) in [7, 11) is 0. The molecule has 3 aromatic rings. The molecule has 0 saturated carbocycles. The van der Waals surface area contributed by atoms with Crippen LogP contribution in [-0.2, 0) is 25.7 Å². The summed E-state index contributed by atoms with van der Waals surface area (Å²) in [5.41, 5.74) is 2.60. The summed E-state index contributed by atoms with van der Waals surface area (Å²) in [5.74, 6) is -3.57. The average molecular weight is 659 g/mol. The molecule has 0 aromatic heterocycles. The number of aromatic carboxylic acids is 1. The van der Waals surface area contributed by atoms with Gasteiger partial charge in [-0.1, -0.05) is 55.5 Å². The number of carboxylic acid groups (broad SMARTS) is 1. The number of aliphatic hydroxyl groups excluding tert-OH is 1. The fourth-order valence-corrected chi connectivity index (χ4v) is 6.90. The summed E-state index contributed by atoms with van der Waals surface area (Å²) < 4.78 is 52.2. The highest BCUT2D eigenvalue weighted by molar-refractivity contribution is 7.99. The molecule has 2 aliphatic rings. The van der Waals surface area contributed by atoms with E-state index in [0.29, 0.717) is 26.8 Å². The van der Waals surface area contributed by atoms with Crippen LogP contribution in [0.15, 0.2) is 77.7 Å². The second-order valence-electron chi connectivity index (χ2n) is 11.2. The summed E-state index contributed by atoms with van der Waals surface area (Å²) in [6.07, 6.45) is -6.46. The number of carboxylic acids is 1. The molecule has 46 heavy (non-hydrogen) atoms. The Balaban J connectivity index is 1.37. The highest BCUT2D eigenvalue weighted by atomic mass is 32.2. The van der Waals surface area contributed by atoms with E-state index in [1.807, 2.05) is 19.1 Å². The number of thioether (sulfide) groups is 1. The van der Waals surface area contributed by atoms with Crippen LogP contribution in [0.4, 0.5) is 18.9 Å². The predicted molar refractivity (Wildman–Crippen MR) is 163 cm³/mol. The Kier molecular flexibility index (Phi) is 10.4. The number of anilines is 1. The molecule has 2 saturated heterocycles. The normalized spacial score (nSPS) is 23.2. The first-order valence-corrected chi connectivity index (χ1v) is 15.7. The number of carbonyl (C=O) groups is 3. The van der Waals surface area contributed by atoms with Gasteiger partial charge in [0.1, 0.15) is 6.04 Å². The lowest BCUT2D eigenvalue weighted by Gasteiger charge is -2.41. The number of nitrogens with one attached hydrogen (secondary N) is 1. The maximum Gasteiger partial charge on any atom is 0.471 e. The number of benzene rings is 3. The van der Waals surface area contributed by atoms with Crippen LogP contribution in [-0.4, -0.2) is 63.5 Å². The van der Waals surface area contributed by atoms with Gasteiger partial charge in [-0.25, -0.2) is 4.79 Å². The van der Waals surface area contributed by atoms with E-state index < -0.39 is 48.5 Å². The van der Waals surface area contributed by atoms with Crippen molar-refractivity contribution >= 4 is 35.2 Å². The molecule has 2 amide bonds. The first kappa shape index (κ1) is 33.5. The highest BCUT2D eigenvalue weighted by Crippen LogP contribution is 2.43. The Hall–Kier alpha value is -3.91. The second-order valence-corrected chi connectivity index (χ2v) is 12.3. The summed E-state index contributed by atoms with van der Waals surface area (Å²) in [5, 5.41) is 21.8. The summed E-state index contributed by atoms with van der Waals surface area (Å²) >= 11 is 1.35. The Bertz CT molecular complexity index is 1570. The number of hydrogen-bond donors (Lipinski definition) is 3. The first-order valence-electron chi connectivity index (χ1n) is 14.7. The summed E-state index contributed by atoms with van der Waals surface area (Å²) in [6.45, 7) is 1.70. The van der Waals surface area contributed by atoms with Gasteiger partial charge in [-0.05, 0) is 48.2 Å². The number of halogens is 3. The number of rotatable bonds is 9. The molecular formula is C33H33F3N2O7S. The van der Waals surface area contributed by atoms with E-state index in [0.717, 1.165) is 11.1 Å². The maximum atomic E-state index is 13.1. The lowest BCUT2D eigenvalue weighted by atomic mass is 9.91. The molecule has 5 atom stereocenters. The second kappa shape index (κ2) is 14.2. The van der Waals surface area contributed by atoms with E-state index in [2.05, 4.69) is 5.32 Å². The largest absolute Gasteiger partial charge is 0.478 e. The molecule has 2 heterocycles.